The second kappa shape index (κ2) is 7.32. The van der Waals surface area contributed by atoms with E-state index in [9.17, 15) is 13.2 Å². The quantitative estimate of drug-likeness (QED) is 0.747. The summed E-state index contributed by atoms with van der Waals surface area (Å²) in [5.74, 6) is 0.655. The van der Waals surface area contributed by atoms with Gasteiger partial charge in [0, 0.05) is 12.2 Å². The van der Waals surface area contributed by atoms with Crippen LogP contribution in [0.5, 0.6) is 5.75 Å². The Kier molecular flexibility index (Phi) is 4.88. The number of ether oxygens (including phenoxy) is 1. The van der Waals surface area contributed by atoms with Crippen LogP contribution < -0.4 is 14.8 Å². The van der Waals surface area contributed by atoms with Crippen LogP contribution in [0, 0.1) is 0 Å². The number of hydrogen-bond acceptors (Lipinski definition) is 4. The SMILES string of the molecule is O=C1Cc2cc(S(=O)(=O)NCCOc3ccc4c(c3)CCCC4)ccc2N1. The molecular formula is C20H22N2O4S. The van der Waals surface area contributed by atoms with Crippen molar-refractivity contribution in [3.8, 4) is 5.75 Å². The molecule has 0 saturated carbocycles. The van der Waals surface area contributed by atoms with Gasteiger partial charge in [0.2, 0.25) is 15.9 Å². The molecule has 27 heavy (non-hydrogen) atoms. The Hall–Kier alpha value is -2.38. The lowest BCUT2D eigenvalue weighted by molar-refractivity contribution is -0.115. The van der Waals surface area contributed by atoms with Gasteiger partial charge in [0.1, 0.15) is 12.4 Å². The Bertz CT molecular complexity index is 985. The standard InChI is InChI=1S/C20H22N2O4S/c23-20-13-16-12-18(7-8-19(16)22-20)27(24,25)21-9-10-26-17-6-5-14-3-1-2-4-15(14)11-17/h5-8,11-12,21H,1-4,9-10,13H2,(H,22,23). The van der Waals surface area contributed by atoms with Crippen LogP contribution >= 0.6 is 0 Å². The Morgan fingerprint density at radius 2 is 1.81 bits per heavy atom. The van der Waals surface area contributed by atoms with Crippen molar-refractivity contribution in [2.45, 2.75) is 37.0 Å². The number of benzene rings is 2. The van der Waals surface area contributed by atoms with Gasteiger partial charge in [0.05, 0.1) is 11.3 Å². The van der Waals surface area contributed by atoms with Gasteiger partial charge in [-0.3, -0.25) is 4.79 Å². The first-order valence-electron chi connectivity index (χ1n) is 9.18. The van der Waals surface area contributed by atoms with E-state index in [4.69, 9.17) is 4.74 Å². The predicted molar refractivity (Wildman–Crippen MR) is 103 cm³/mol. The van der Waals surface area contributed by atoms with Crippen molar-refractivity contribution in [1.82, 2.24) is 4.72 Å². The van der Waals surface area contributed by atoms with E-state index < -0.39 is 10.0 Å². The summed E-state index contributed by atoms with van der Waals surface area (Å²) in [6, 6.07) is 10.8. The molecule has 0 fully saturated rings. The topological polar surface area (TPSA) is 84.5 Å². The molecule has 0 aromatic heterocycles. The number of sulfonamides is 1. The minimum atomic E-state index is -3.64. The summed E-state index contributed by atoms with van der Waals surface area (Å²) in [5, 5.41) is 2.69. The van der Waals surface area contributed by atoms with Crippen molar-refractivity contribution < 1.29 is 17.9 Å². The van der Waals surface area contributed by atoms with E-state index in [0.717, 1.165) is 18.6 Å². The molecule has 7 heteroatoms. The van der Waals surface area contributed by atoms with Crippen molar-refractivity contribution in [2.24, 2.45) is 0 Å². The number of amides is 1. The highest BCUT2D eigenvalue weighted by Gasteiger charge is 2.21. The normalized spacial score (nSPS) is 15.8. The number of nitrogens with one attached hydrogen (secondary N) is 2. The van der Waals surface area contributed by atoms with Crippen LogP contribution in [0.2, 0.25) is 0 Å². The summed E-state index contributed by atoms with van der Waals surface area (Å²) in [6.07, 6.45) is 4.85. The highest BCUT2D eigenvalue weighted by atomic mass is 32.2. The van der Waals surface area contributed by atoms with Gasteiger partial charge in [-0.15, -0.1) is 0 Å². The van der Waals surface area contributed by atoms with E-state index in [0.29, 0.717) is 11.3 Å². The molecule has 2 aromatic carbocycles. The van der Waals surface area contributed by atoms with Crippen LogP contribution in [0.1, 0.15) is 29.5 Å². The third-order valence-corrected chi connectivity index (χ3v) is 6.45. The molecule has 6 nitrogen and oxygen atoms in total. The lowest BCUT2D eigenvalue weighted by Crippen LogP contribution is -2.28. The smallest absolute Gasteiger partial charge is 0.240 e. The molecule has 0 bridgehead atoms. The van der Waals surface area contributed by atoms with Crippen LogP contribution in [0.15, 0.2) is 41.3 Å². The minimum Gasteiger partial charge on any atom is -0.492 e. The number of rotatable bonds is 6. The molecule has 2 aliphatic rings. The fourth-order valence-electron chi connectivity index (χ4n) is 3.60. The zero-order valence-corrected chi connectivity index (χ0v) is 15.8. The summed E-state index contributed by atoms with van der Waals surface area (Å²) >= 11 is 0. The predicted octanol–water partition coefficient (Wildman–Crippen LogP) is 2.42. The number of aryl methyl sites for hydroxylation is 2. The lowest BCUT2D eigenvalue weighted by Gasteiger charge is -2.17. The van der Waals surface area contributed by atoms with Gasteiger partial charge in [-0.05, 0) is 72.7 Å². The van der Waals surface area contributed by atoms with E-state index in [1.807, 2.05) is 6.07 Å². The van der Waals surface area contributed by atoms with E-state index in [1.54, 1.807) is 12.1 Å². The Labute approximate surface area is 159 Å². The zero-order valence-electron chi connectivity index (χ0n) is 15.0. The van der Waals surface area contributed by atoms with E-state index in [2.05, 4.69) is 22.2 Å². The Morgan fingerprint density at radius 1 is 1.00 bits per heavy atom. The summed E-state index contributed by atoms with van der Waals surface area (Å²) in [7, 11) is -3.64. The third kappa shape index (κ3) is 3.99. The van der Waals surface area contributed by atoms with Crippen molar-refractivity contribution in [3.05, 3.63) is 53.1 Å². The van der Waals surface area contributed by atoms with Gasteiger partial charge in [0.25, 0.3) is 0 Å². The molecule has 1 amide bonds. The molecule has 2 N–H and O–H groups in total. The van der Waals surface area contributed by atoms with Crippen LogP contribution in [0.4, 0.5) is 5.69 Å². The van der Waals surface area contributed by atoms with Gasteiger partial charge < -0.3 is 10.1 Å². The molecule has 0 saturated heterocycles. The van der Waals surface area contributed by atoms with Gasteiger partial charge in [0.15, 0.2) is 0 Å². The molecule has 2 aromatic rings. The summed E-state index contributed by atoms with van der Waals surface area (Å²) < 4.78 is 33.2. The molecule has 4 rings (SSSR count). The largest absolute Gasteiger partial charge is 0.492 e. The second-order valence-corrected chi connectivity index (χ2v) is 8.69. The van der Waals surface area contributed by atoms with Crippen molar-refractivity contribution in [3.63, 3.8) is 0 Å². The molecule has 1 aliphatic carbocycles. The molecule has 142 valence electrons. The van der Waals surface area contributed by atoms with E-state index >= 15 is 0 Å². The second-order valence-electron chi connectivity index (χ2n) is 6.93. The monoisotopic (exact) mass is 386 g/mol. The highest BCUT2D eigenvalue weighted by Crippen LogP contribution is 2.26. The first-order valence-corrected chi connectivity index (χ1v) is 10.7. The number of carbonyl (C=O) groups is 1. The van der Waals surface area contributed by atoms with Crippen molar-refractivity contribution >= 4 is 21.6 Å². The first-order chi connectivity index (χ1) is 13.0. The average molecular weight is 386 g/mol. The lowest BCUT2D eigenvalue weighted by atomic mass is 9.92. The van der Waals surface area contributed by atoms with Gasteiger partial charge >= 0.3 is 0 Å². The van der Waals surface area contributed by atoms with Gasteiger partial charge in [-0.2, -0.15) is 0 Å². The maximum Gasteiger partial charge on any atom is 0.240 e. The minimum absolute atomic E-state index is 0.119. The van der Waals surface area contributed by atoms with Gasteiger partial charge in [-0.25, -0.2) is 13.1 Å². The molecule has 0 unspecified atom stereocenters. The van der Waals surface area contributed by atoms with E-state index in [1.165, 1.54) is 30.0 Å². The zero-order chi connectivity index (χ0) is 18.9. The van der Waals surface area contributed by atoms with Crippen molar-refractivity contribution in [2.75, 3.05) is 18.5 Å². The summed E-state index contributed by atoms with van der Waals surface area (Å²) in [5.41, 5.74) is 4.10. The number of carbonyl (C=O) groups excluding carboxylic acids is 1. The van der Waals surface area contributed by atoms with Gasteiger partial charge in [-0.1, -0.05) is 6.07 Å². The molecule has 0 radical (unpaired) electrons. The van der Waals surface area contributed by atoms with Crippen LogP contribution in [0.3, 0.4) is 0 Å². The Morgan fingerprint density at radius 3 is 2.67 bits per heavy atom. The van der Waals surface area contributed by atoms with Crippen LogP contribution in [-0.4, -0.2) is 27.5 Å². The Balaban J connectivity index is 1.33. The van der Waals surface area contributed by atoms with Crippen LogP contribution in [-0.2, 0) is 34.1 Å². The molecular weight excluding hydrogens is 364 g/mol. The maximum absolute atomic E-state index is 12.4. The number of hydrogen-bond donors (Lipinski definition) is 2. The number of anilines is 1. The average Bonchev–Trinajstić information content (AvgIpc) is 3.04. The van der Waals surface area contributed by atoms with E-state index in [-0.39, 0.29) is 30.4 Å². The third-order valence-electron chi connectivity index (χ3n) is 4.99. The molecule has 0 spiro atoms. The van der Waals surface area contributed by atoms with Crippen LogP contribution in [0.25, 0.3) is 0 Å². The van der Waals surface area contributed by atoms with Crippen molar-refractivity contribution in [1.29, 1.82) is 0 Å². The molecule has 1 heterocycles. The fraction of sp³-hybridized carbons (Fsp3) is 0.350. The maximum atomic E-state index is 12.4. The number of fused-ring (bicyclic) bond motifs is 2. The summed E-state index contributed by atoms with van der Waals surface area (Å²) in [4.78, 5) is 11.6. The molecule has 1 aliphatic heterocycles. The first kappa shape index (κ1) is 18.0. The fourth-order valence-corrected chi connectivity index (χ4v) is 4.66. The summed E-state index contributed by atoms with van der Waals surface area (Å²) in [6.45, 7) is 0.427. The molecule has 0 atom stereocenters. The highest BCUT2D eigenvalue weighted by molar-refractivity contribution is 7.89.